The van der Waals surface area contributed by atoms with Crippen molar-refractivity contribution >= 4 is 30.9 Å². The Hall–Kier alpha value is -0.530. The van der Waals surface area contributed by atoms with Gasteiger partial charge in [-0.15, -0.1) is 0 Å². The predicted molar refractivity (Wildman–Crippen MR) is 23.0 cm³/mol. The van der Waals surface area contributed by atoms with E-state index in [0.29, 0.717) is 0 Å². The quantitative estimate of drug-likeness (QED) is 0.362. The second kappa shape index (κ2) is 5.60. The summed E-state index contributed by atoms with van der Waals surface area (Å²) in [5.41, 5.74) is 0. The molecule has 0 fully saturated rings. The average Bonchev–Trinajstić information content (AvgIpc) is 1.61. The molecule has 0 rings (SSSR count). The van der Waals surface area contributed by atoms with Crippen LogP contribution in [0.15, 0.2) is 0 Å². The zero-order valence-corrected chi connectivity index (χ0v) is 6.27. The third kappa shape index (κ3) is 1010. The molecule has 0 saturated carbocycles. The first-order valence-corrected chi connectivity index (χ1v) is 5.34. The Balaban J connectivity index is 0. The molecule has 52 valence electrons. The van der Waals surface area contributed by atoms with Gasteiger partial charge < -0.3 is 0 Å². The molecule has 6 nitrogen and oxygen atoms in total. The monoisotopic (exact) mass is 252 g/mol. The van der Waals surface area contributed by atoms with E-state index in [-0.39, 0.29) is 0 Å². The van der Waals surface area contributed by atoms with Crippen LogP contribution in [-0.4, -0.2) is 37.8 Å². The van der Waals surface area contributed by atoms with Crippen LogP contribution in [0.25, 0.3) is 0 Å². The van der Waals surface area contributed by atoms with Crippen molar-refractivity contribution < 1.29 is 22.7 Å². The van der Waals surface area contributed by atoms with Gasteiger partial charge in [-0.3, -0.25) is 0 Å². The van der Waals surface area contributed by atoms with Gasteiger partial charge >= 0.3 is 32.1 Å². The molecule has 0 aliphatic carbocycles. The Morgan fingerprint density at radius 1 is 1.00 bits per heavy atom. The molecule has 0 saturated heterocycles. The molecule has 0 aromatic rings. The molecule has 0 aromatic heterocycles. The fourth-order valence-corrected chi connectivity index (χ4v) is 0. The van der Waals surface area contributed by atoms with E-state index in [1.54, 1.807) is 0 Å². The van der Waals surface area contributed by atoms with Gasteiger partial charge in [-0.1, -0.05) is 0 Å². The molecule has 0 bridgehead atoms. The van der Waals surface area contributed by atoms with Crippen LogP contribution in [-0.2, 0) is 15.8 Å². The van der Waals surface area contributed by atoms with E-state index in [1.165, 1.54) is 0 Å². The Kier molecular flexibility index (Phi) is 7.03. The summed E-state index contributed by atoms with van der Waals surface area (Å²) in [7, 11) is 0. The van der Waals surface area contributed by atoms with Gasteiger partial charge in [0.05, 0.1) is 0 Å². The maximum atomic E-state index is 8.85. The van der Waals surface area contributed by atoms with Gasteiger partial charge in [0, 0.05) is 0 Å². The summed E-state index contributed by atoms with van der Waals surface area (Å²) in [6.07, 6.45) is 0. The van der Waals surface area contributed by atoms with Gasteiger partial charge in [0.15, 0.2) is 0 Å². The molecule has 7 heteroatoms. The predicted octanol–water partition coefficient (Wildman–Crippen LogP) is -2.53. The molecule has 0 aromatic carbocycles. The van der Waals surface area contributed by atoms with Crippen LogP contribution in [0, 0.1) is 0 Å². The van der Waals surface area contributed by atoms with Crippen molar-refractivity contribution in [3.63, 3.8) is 0 Å². The SMILES string of the molecule is O=C=C=O.O=[Te](=O)(O)O. The molecular formula is C2H2O6Te. The van der Waals surface area contributed by atoms with Gasteiger partial charge in [0.2, 0.25) is 11.9 Å². The van der Waals surface area contributed by atoms with E-state index in [9.17, 15) is 0 Å². The zero-order valence-electron chi connectivity index (χ0n) is 3.94. The third-order valence-electron chi connectivity index (χ3n) is 0.0417. The fraction of sp³-hybridized carbons (Fsp3) is 0. The van der Waals surface area contributed by atoms with E-state index in [2.05, 4.69) is 0 Å². The van der Waals surface area contributed by atoms with E-state index in [1.807, 2.05) is 0 Å². The summed E-state index contributed by atoms with van der Waals surface area (Å²) in [6.45, 7) is 0. The van der Waals surface area contributed by atoms with Crippen molar-refractivity contribution in [2.45, 2.75) is 0 Å². The first-order chi connectivity index (χ1) is 3.91. The first kappa shape index (κ1) is 11.3. The van der Waals surface area contributed by atoms with Crippen LogP contribution >= 0.6 is 0 Å². The molecule has 0 amide bonds. The zero-order chi connectivity index (χ0) is 7.91. The number of hydrogen-bond acceptors (Lipinski definition) is 4. The molecule has 2 N–H and O–H groups in total. The van der Waals surface area contributed by atoms with Gasteiger partial charge in [-0.05, 0) is 0 Å². The van der Waals surface area contributed by atoms with Gasteiger partial charge in [0.1, 0.15) is 0 Å². The van der Waals surface area contributed by atoms with Crippen LogP contribution < -0.4 is 0 Å². The standard InChI is InChI=1S/C2O2.H2O4Te/c3-1-2-4;1-5(2,3)4/h;(H2,1,2,3,4). The summed E-state index contributed by atoms with van der Waals surface area (Å²) in [5.74, 6) is 1.75. The second-order valence-electron chi connectivity index (χ2n) is 0.652. The summed E-state index contributed by atoms with van der Waals surface area (Å²) in [5, 5.41) is 0. The Bertz CT molecular complexity index is 195. The molecule has 0 atom stereocenters. The summed E-state index contributed by atoms with van der Waals surface area (Å²) in [4.78, 5) is 17.2. The Morgan fingerprint density at radius 2 is 1.11 bits per heavy atom. The summed E-state index contributed by atoms with van der Waals surface area (Å²) >= 11 is -5.52. The van der Waals surface area contributed by atoms with Crippen molar-refractivity contribution in [3.8, 4) is 0 Å². The summed E-state index contributed by atoms with van der Waals surface area (Å²) in [6, 6.07) is 0. The minimum atomic E-state index is -5.52. The van der Waals surface area contributed by atoms with Crippen molar-refractivity contribution in [2.75, 3.05) is 0 Å². The van der Waals surface area contributed by atoms with E-state index >= 15 is 0 Å². The van der Waals surface area contributed by atoms with E-state index < -0.39 is 19.0 Å². The van der Waals surface area contributed by atoms with Crippen molar-refractivity contribution in [2.24, 2.45) is 0 Å². The molecule has 0 spiro atoms. The number of hydrogen-bond donors (Lipinski definition) is 2. The Labute approximate surface area is 54.1 Å². The van der Waals surface area contributed by atoms with Crippen LogP contribution in [0.4, 0.5) is 0 Å². The average molecular weight is 250 g/mol. The van der Waals surface area contributed by atoms with E-state index in [0.717, 1.165) is 11.9 Å². The topological polar surface area (TPSA) is 109 Å². The third-order valence-corrected chi connectivity index (χ3v) is 0.0417. The number of carbonyl (C=O) groups excluding carboxylic acids is 2. The molecule has 9 heavy (non-hydrogen) atoms. The van der Waals surface area contributed by atoms with Crippen molar-refractivity contribution in [1.82, 2.24) is 0 Å². The fourth-order valence-electron chi connectivity index (χ4n) is 0. The van der Waals surface area contributed by atoms with E-state index in [4.69, 9.17) is 22.7 Å². The summed E-state index contributed by atoms with van der Waals surface area (Å²) < 4.78 is 32.0. The van der Waals surface area contributed by atoms with Crippen molar-refractivity contribution in [1.29, 1.82) is 0 Å². The molecule has 0 heterocycles. The molecule has 0 radical (unpaired) electrons. The van der Waals surface area contributed by atoms with Crippen LogP contribution in [0.3, 0.4) is 0 Å². The van der Waals surface area contributed by atoms with Crippen molar-refractivity contribution in [3.05, 3.63) is 0 Å². The van der Waals surface area contributed by atoms with Crippen LogP contribution in [0.2, 0.25) is 0 Å². The van der Waals surface area contributed by atoms with Crippen LogP contribution in [0.5, 0.6) is 0 Å². The first-order valence-electron chi connectivity index (χ1n) is 1.36. The minimum absolute atomic E-state index is 0.875. The van der Waals surface area contributed by atoms with Gasteiger partial charge in [-0.2, -0.15) is 0 Å². The maximum absolute atomic E-state index is 8.85. The normalized spacial score (nSPS) is 7.78. The van der Waals surface area contributed by atoms with Gasteiger partial charge in [0.25, 0.3) is 0 Å². The molecule has 0 aliphatic heterocycles. The molecule has 0 aliphatic rings. The second-order valence-corrected chi connectivity index (χ2v) is 3.21. The molecular weight excluding hydrogens is 248 g/mol. The molecule has 0 unspecified atom stereocenters. The number of rotatable bonds is 0. The van der Waals surface area contributed by atoms with Gasteiger partial charge in [-0.25, -0.2) is 9.59 Å². The Morgan fingerprint density at radius 3 is 1.11 bits per heavy atom. The van der Waals surface area contributed by atoms with Crippen LogP contribution in [0.1, 0.15) is 0 Å².